The molecular formula is C18H24N2O3. The van der Waals surface area contributed by atoms with Gasteiger partial charge in [0.1, 0.15) is 11.4 Å². The van der Waals surface area contributed by atoms with E-state index >= 15 is 0 Å². The standard InChI is InChI=1S/C18H24N2O3/c1-13(2)16-12-18(23-19-16)8-10-20(11-9-18)17(21)14-4-6-15(22-3)7-5-14/h4-7,13H,8-12H2,1-3H3. The molecule has 0 bridgehead atoms. The Morgan fingerprint density at radius 2 is 1.91 bits per heavy atom. The number of carbonyl (C=O) groups excluding carboxylic acids is 1. The molecule has 1 amide bonds. The number of rotatable bonds is 3. The molecule has 0 unspecified atom stereocenters. The molecular weight excluding hydrogens is 292 g/mol. The molecule has 1 fully saturated rings. The predicted octanol–water partition coefficient (Wildman–Crippen LogP) is 3.10. The summed E-state index contributed by atoms with van der Waals surface area (Å²) in [4.78, 5) is 20.3. The number of piperidine rings is 1. The van der Waals surface area contributed by atoms with Crippen molar-refractivity contribution in [1.82, 2.24) is 4.90 Å². The molecule has 3 rings (SSSR count). The van der Waals surface area contributed by atoms with E-state index in [9.17, 15) is 4.79 Å². The van der Waals surface area contributed by atoms with Crippen molar-refractivity contribution in [3.8, 4) is 5.75 Å². The van der Waals surface area contributed by atoms with E-state index in [4.69, 9.17) is 9.57 Å². The van der Waals surface area contributed by atoms with Crippen molar-refractivity contribution >= 4 is 11.6 Å². The van der Waals surface area contributed by atoms with E-state index in [0.29, 0.717) is 24.6 Å². The minimum atomic E-state index is -0.184. The van der Waals surface area contributed by atoms with E-state index < -0.39 is 0 Å². The summed E-state index contributed by atoms with van der Waals surface area (Å²) < 4.78 is 5.13. The lowest BCUT2D eigenvalue weighted by Gasteiger charge is -2.37. The zero-order chi connectivity index (χ0) is 16.4. The van der Waals surface area contributed by atoms with Crippen molar-refractivity contribution in [2.24, 2.45) is 11.1 Å². The van der Waals surface area contributed by atoms with Gasteiger partial charge in [-0.15, -0.1) is 0 Å². The largest absolute Gasteiger partial charge is 0.497 e. The second-order valence-electron chi connectivity index (χ2n) is 6.71. The Bertz CT molecular complexity index is 599. The number of likely N-dealkylation sites (tertiary alicyclic amines) is 1. The molecule has 0 saturated carbocycles. The Morgan fingerprint density at radius 3 is 2.43 bits per heavy atom. The summed E-state index contributed by atoms with van der Waals surface area (Å²) >= 11 is 0. The van der Waals surface area contributed by atoms with Crippen LogP contribution in [0.4, 0.5) is 0 Å². The van der Waals surface area contributed by atoms with Crippen molar-refractivity contribution in [2.75, 3.05) is 20.2 Å². The molecule has 1 spiro atoms. The molecule has 1 saturated heterocycles. The summed E-state index contributed by atoms with van der Waals surface area (Å²) in [6, 6.07) is 7.28. The number of benzene rings is 1. The Balaban J connectivity index is 1.59. The van der Waals surface area contributed by atoms with Gasteiger partial charge in [-0.05, 0) is 30.2 Å². The van der Waals surface area contributed by atoms with E-state index in [-0.39, 0.29) is 11.5 Å². The molecule has 0 radical (unpaired) electrons. The highest BCUT2D eigenvalue weighted by atomic mass is 16.7. The SMILES string of the molecule is COc1ccc(C(=O)N2CCC3(CC2)CC(C(C)C)=NO3)cc1. The molecule has 1 aromatic carbocycles. The number of ether oxygens (including phenoxy) is 1. The van der Waals surface area contributed by atoms with Gasteiger partial charge >= 0.3 is 0 Å². The first-order chi connectivity index (χ1) is 11.0. The van der Waals surface area contributed by atoms with E-state index in [1.54, 1.807) is 7.11 Å². The number of carbonyl (C=O) groups is 1. The van der Waals surface area contributed by atoms with Crippen molar-refractivity contribution in [1.29, 1.82) is 0 Å². The Kier molecular flexibility index (Phi) is 4.28. The molecule has 0 aliphatic carbocycles. The molecule has 2 aliphatic rings. The number of nitrogens with zero attached hydrogens (tertiary/aromatic N) is 2. The summed E-state index contributed by atoms with van der Waals surface area (Å²) in [5.41, 5.74) is 1.66. The quantitative estimate of drug-likeness (QED) is 0.861. The molecule has 2 heterocycles. The van der Waals surface area contributed by atoms with Crippen LogP contribution < -0.4 is 4.74 Å². The highest BCUT2D eigenvalue weighted by Gasteiger charge is 2.43. The summed E-state index contributed by atoms with van der Waals surface area (Å²) in [6.07, 6.45) is 2.58. The second-order valence-corrected chi connectivity index (χ2v) is 6.71. The van der Waals surface area contributed by atoms with Gasteiger partial charge in [0.05, 0.1) is 12.8 Å². The van der Waals surface area contributed by atoms with Crippen LogP contribution in [0.1, 0.15) is 43.5 Å². The Morgan fingerprint density at radius 1 is 1.26 bits per heavy atom. The van der Waals surface area contributed by atoms with Gasteiger partial charge in [-0.25, -0.2) is 0 Å². The lowest BCUT2D eigenvalue weighted by molar-refractivity contribution is -0.0568. The monoisotopic (exact) mass is 316 g/mol. The maximum Gasteiger partial charge on any atom is 0.253 e. The van der Waals surface area contributed by atoms with Gasteiger partial charge in [0.25, 0.3) is 5.91 Å². The number of hydrogen-bond acceptors (Lipinski definition) is 4. The van der Waals surface area contributed by atoms with Crippen LogP contribution in [0.5, 0.6) is 5.75 Å². The smallest absolute Gasteiger partial charge is 0.253 e. The van der Waals surface area contributed by atoms with E-state index in [1.807, 2.05) is 29.2 Å². The van der Waals surface area contributed by atoms with Crippen molar-refractivity contribution < 1.29 is 14.4 Å². The third-order valence-corrected chi connectivity index (χ3v) is 4.83. The molecule has 124 valence electrons. The van der Waals surface area contributed by atoms with Gasteiger partial charge in [0.15, 0.2) is 0 Å². The van der Waals surface area contributed by atoms with Crippen LogP contribution in [-0.4, -0.2) is 42.3 Å². The zero-order valence-corrected chi connectivity index (χ0v) is 14.0. The lowest BCUT2D eigenvalue weighted by atomic mass is 9.84. The van der Waals surface area contributed by atoms with Crippen molar-refractivity contribution in [3.63, 3.8) is 0 Å². The molecule has 0 aromatic heterocycles. The van der Waals surface area contributed by atoms with Crippen LogP contribution in [0.3, 0.4) is 0 Å². The van der Waals surface area contributed by atoms with Crippen LogP contribution in [0, 0.1) is 5.92 Å². The number of methoxy groups -OCH3 is 1. The van der Waals surface area contributed by atoms with Crippen LogP contribution >= 0.6 is 0 Å². The molecule has 0 atom stereocenters. The van der Waals surface area contributed by atoms with Gasteiger partial charge < -0.3 is 14.5 Å². The molecule has 5 nitrogen and oxygen atoms in total. The van der Waals surface area contributed by atoms with Crippen molar-refractivity contribution in [3.05, 3.63) is 29.8 Å². The number of hydrogen-bond donors (Lipinski definition) is 0. The normalized spacial score (nSPS) is 19.7. The highest BCUT2D eigenvalue weighted by molar-refractivity contribution is 5.94. The van der Waals surface area contributed by atoms with Crippen LogP contribution in [0.25, 0.3) is 0 Å². The molecule has 23 heavy (non-hydrogen) atoms. The third kappa shape index (κ3) is 3.19. The zero-order valence-electron chi connectivity index (χ0n) is 14.0. The maximum atomic E-state index is 12.6. The summed E-state index contributed by atoms with van der Waals surface area (Å²) in [5.74, 6) is 1.26. The summed E-state index contributed by atoms with van der Waals surface area (Å²) in [6.45, 7) is 5.71. The fourth-order valence-electron chi connectivity index (χ4n) is 3.16. The van der Waals surface area contributed by atoms with Gasteiger partial charge in [-0.2, -0.15) is 0 Å². The summed E-state index contributed by atoms with van der Waals surface area (Å²) in [5, 5.41) is 4.26. The number of oxime groups is 1. The van der Waals surface area contributed by atoms with Crippen LogP contribution in [0.2, 0.25) is 0 Å². The highest BCUT2D eigenvalue weighted by Crippen LogP contribution is 2.36. The van der Waals surface area contributed by atoms with Crippen LogP contribution in [0.15, 0.2) is 29.4 Å². The predicted molar refractivity (Wildman–Crippen MR) is 88.8 cm³/mol. The molecule has 2 aliphatic heterocycles. The average molecular weight is 316 g/mol. The second kappa shape index (κ2) is 6.22. The van der Waals surface area contributed by atoms with E-state index in [2.05, 4.69) is 19.0 Å². The van der Waals surface area contributed by atoms with Gasteiger partial charge in [0.2, 0.25) is 0 Å². The topological polar surface area (TPSA) is 51.1 Å². The van der Waals surface area contributed by atoms with E-state index in [0.717, 1.165) is 30.7 Å². The Hall–Kier alpha value is -2.04. The molecule has 5 heteroatoms. The van der Waals surface area contributed by atoms with Gasteiger partial charge in [-0.3, -0.25) is 4.79 Å². The first kappa shape index (κ1) is 15.8. The van der Waals surface area contributed by atoms with Gasteiger partial charge in [0, 0.05) is 37.9 Å². The Labute approximate surface area is 137 Å². The average Bonchev–Trinajstić information content (AvgIpc) is 2.99. The minimum Gasteiger partial charge on any atom is -0.497 e. The first-order valence-electron chi connectivity index (χ1n) is 8.21. The van der Waals surface area contributed by atoms with E-state index in [1.165, 1.54) is 0 Å². The summed E-state index contributed by atoms with van der Waals surface area (Å²) in [7, 11) is 1.62. The van der Waals surface area contributed by atoms with Gasteiger partial charge in [-0.1, -0.05) is 19.0 Å². The molecule has 0 N–H and O–H groups in total. The van der Waals surface area contributed by atoms with Crippen molar-refractivity contribution in [2.45, 2.75) is 38.7 Å². The maximum absolute atomic E-state index is 12.6. The third-order valence-electron chi connectivity index (χ3n) is 4.83. The first-order valence-corrected chi connectivity index (χ1v) is 8.21. The minimum absolute atomic E-state index is 0.0745. The molecule has 1 aromatic rings. The lowest BCUT2D eigenvalue weighted by Crippen LogP contribution is -2.47. The number of amides is 1. The fourth-order valence-corrected chi connectivity index (χ4v) is 3.16. The van der Waals surface area contributed by atoms with Crippen LogP contribution in [-0.2, 0) is 4.84 Å². The fraction of sp³-hybridized carbons (Fsp3) is 0.556.